The summed E-state index contributed by atoms with van der Waals surface area (Å²) < 4.78 is 28.8. The van der Waals surface area contributed by atoms with Gasteiger partial charge in [-0.05, 0) is 36.2 Å². The first kappa shape index (κ1) is 19.0. The van der Waals surface area contributed by atoms with Gasteiger partial charge in [0.15, 0.2) is 0 Å². The zero-order chi connectivity index (χ0) is 18.4. The fourth-order valence-electron chi connectivity index (χ4n) is 2.29. The van der Waals surface area contributed by atoms with Crippen LogP contribution in [0.2, 0.25) is 5.02 Å². The van der Waals surface area contributed by atoms with Crippen molar-refractivity contribution < 1.29 is 23.4 Å². The molecule has 2 N–H and O–H groups in total. The van der Waals surface area contributed by atoms with Crippen molar-refractivity contribution in [1.82, 2.24) is 0 Å². The van der Waals surface area contributed by atoms with Gasteiger partial charge < -0.3 is 19.9 Å². The lowest BCUT2D eigenvalue weighted by atomic mass is 10.0. The molecule has 1 atom stereocenters. The van der Waals surface area contributed by atoms with E-state index in [1.807, 2.05) is 12.1 Å². The van der Waals surface area contributed by atoms with Crippen LogP contribution in [0, 0.1) is 5.82 Å². The molecule has 0 aliphatic rings. The molecule has 25 heavy (non-hydrogen) atoms. The first-order valence-electron chi connectivity index (χ1n) is 7.51. The molecule has 134 valence electrons. The third kappa shape index (κ3) is 5.08. The topological polar surface area (TPSA) is 70.8 Å². The Kier molecular flexibility index (Phi) is 6.61. The van der Waals surface area contributed by atoms with Gasteiger partial charge in [0.05, 0.1) is 19.2 Å². The van der Waals surface area contributed by atoms with Gasteiger partial charge in [0.1, 0.15) is 30.0 Å². The van der Waals surface area contributed by atoms with E-state index in [4.69, 9.17) is 26.8 Å². The lowest BCUT2D eigenvalue weighted by molar-refractivity contribution is -0.142. The summed E-state index contributed by atoms with van der Waals surface area (Å²) in [5, 5.41) is -0.0118. The van der Waals surface area contributed by atoms with Crippen LogP contribution in [0.3, 0.4) is 0 Å². The molecule has 0 amide bonds. The fraction of sp³-hybridized carbons (Fsp3) is 0.278. The third-order valence-corrected chi connectivity index (χ3v) is 3.88. The van der Waals surface area contributed by atoms with Gasteiger partial charge in [-0.1, -0.05) is 17.7 Å². The standard InChI is InChI=1S/C18H19ClFNO4/c1-23-17-6-3-11(8-16(21)18(22)24-2)7-12(17)10-25-13-4-5-15(20)14(19)9-13/h3-7,9,16H,8,10,21H2,1-2H3. The van der Waals surface area contributed by atoms with E-state index in [-0.39, 0.29) is 11.6 Å². The quantitative estimate of drug-likeness (QED) is 0.761. The third-order valence-electron chi connectivity index (χ3n) is 3.59. The average molecular weight is 368 g/mol. The molecule has 5 nitrogen and oxygen atoms in total. The molecule has 0 spiro atoms. The van der Waals surface area contributed by atoms with Crippen LogP contribution in [0.1, 0.15) is 11.1 Å². The summed E-state index contributed by atoms with van der Waals surface area (Å²) in [6, 6.07) is 8.82. The van der Waals surface area contributed by atoms with Gasteiger partial charge in [0.2, 0.25) is 0 Å². The maximum absolute atomic E-state index is 13.2. The number of carbonyl (C=O) groups is 1. The Labute approximate surface area is 150 Å². The molecule has 0 radical (unpaired) electrons. The normalized spacial score (nSPS) is 11.7. The number of nitrogens with two attached hydrogens (primary N) is 1. The van der Waals surface area contributed by atoms with Gasteiger partial charge in [-0.2, -0.15) is 0 Å². The zero-order valence-electron chi connectivity index (χ0n) is 13.9. The van der Waals surface area contributed by atoms with Crippen LogP contribution in [0.4, 0.5) is 4.39 Å². The number of ether oxygens (including phenoxy) is 3. The highest BCUT2D eigenvalue weighted by Crippen LogP contribution is 2.25. The first-order valence-corrected chi connectivity index (χ1v) is 7.89. The molecule has 2 aromatic rings. The predicted octanol–water partition coefficient (Wildman–Crippen LogP) is 3.11. The Morgan fingerprint density at radius 3 is 2.64 bits per heavy atom. The van der Waals surface area contributed by atoms with Crippen LogP contribution in [-0.2, 0) is 22.6 Å². The monoisotopic (exact) mass is 367 g/mol. The van der Waals surface area contributed by atoms with Crippen molar-refractivity contribution in [1.29, 1.82) is 0 Å². The number of benzene rings is 2. The number of rotatable bonds is 7. The maximum Gasteiger partial charge on any atom is 0.322 e. The van der Waals surface area contributed by atoms with E-state index in [9.17, 15) is 9.18 Å². The van der Waals surface area contributed by atoms with Crippen LogP contribution in [0.15, 0.2) is 36.4 Å². The SMILES string of the molecule is COC(=O)C(N)Cc1ccc(OC)c(COc2ccc(F)c(Cl)c2)c1. The minimum atomic E-state index is -0.747. The maximum atomic E-state index is 13.2. The Morgan fingerprint density at radius 1 is 1.24 bits per heavy atom. The molecular formula is C18H19ClFNO4. The molecule has 0 saturated heterocycles. The summed E-state index contributed by atoms with van der Waals surface area (Å²) in [5.41, 5.74) is 7.39. The summed E-state index contributed by atoms with van der Waals surface area (Å²) in [7, 11) is 2.84. The van der Waals surface area contributed by atoms with Crippen molar-refractivity contribution in [3.05, 3.63) is 58.4 Å². The number of halogens is 2. The van der Waals surface area contributed by atoms with Crippen molar-refractivity contribution in [3.8, 4) is 11.5 Å². The van der Waals surface area contributed by atoms with E-state index < -0.39 is 17.8 Å². The molecule has 1 unspecified atom stereocenters. The van der Waals surface area contributed by atoms with Crippen molar-refractivity contribution >= 4 is 17.6 Å². The van der Waals surface area contributed by atoms with E-state index in [0.29, 0.717) is 17.9 Å². The van der Waals surface area contributed by atoms with Gasteiger partial charge in [-0.15, -0.1) is 0 Å². The molecule has 0 aromatic heterocycles. The van der Waals surface area contributed by atoms with Gasteiger partial charge in [0.25, 0.3) is 0 Å². The molecule has 0 fully saturated rings. The molecule has 7 heteroatoms. The van der Waals surface area contributed by atoms with Crippen molar-refractivity contribution in [2.45, 2.75) is 19.1 Å². The van der Waals surface area contributed by atoms with E-state index in [1.165, 1.54) is 25.3 Å². The van der Waals surface area contributed by atoms with Crippen molar-refractivity contribution in [2.24, 2.45) is 5.73 Å². The highest BCUT2D eigenvalue weighted by atomic mass is 35.5. The van der Waals surface area contributed by atoms with Crippen LogP contribution < -0.4 is 15.2 Å². The fourth-order valence-corrected chi connectivity index (χ4v) is 2.46. The minimum Gasteiger partial charge on any atom is -0.496 e. The number of methoxy groups -OCH3 is 2. The Hall–Kier alpha value is -2.31. The summed E-state index contributed by atoms with van der Waals surface area (Å²) >= 11 is 5.74. The molecule has 2 rings (SSSR count). The largest absolute Gasteiger partial charge is 0.496 e. The van der Waals surface area contributed by atoms with Crippen LogP contribution in [0.25, 0.3) is 0 Å². The first-order chi connectivity index (χ1) is 11.9. The summed E-state index contributed by atoms with van der Waals surface area (Å²) in [5.74, 6) is 0.0775. The average Bonchev–Trinajstić information content (AvgIpc) is 2.62. The molecule has 0 saturated carbocycles. The van der Waals surface area contributed by atoms with Gasteiger partial charge in [-0.25, -0.2) is 4.39 Å². The van der Waals surface area contributed by atoms with E-state index in [0.717, 1.165) is 11.1 Å². The molecule has 0 aliphatic heterocycles. The smallest absolute Gasteiger partial charge is 0.322 e. The van der Waals surface area contributed by atoms with Gasteiger partial charge >= 0.3 is 5.97 Å². The molecule has 0 bridgehead atoms. The lowest BCUT2D eigenvalue weighted by Crippen LogP contribution is -2.33. The Morgan fingerprint density at radius 2 is 2.00 bits per heavy atom. The second-order valence-corrected chi connectivity index (χ2v) is 5.75. The molecular weight excluding hydrogens is 349 g/mol. The summed E-state index contributed by atoms with van der Waals surface area (Å²) in [6.07, 6.45) is 0.325. The second kappa shape index (κ2) is 8.69. The summed E-state index contributed by atoms with van der Waals surface area (Å²) in [6.45, 7) is 0.187. The number of hydrogen-bond acceptors (Lipinski definition) is 5. The van der Waals surface area contributed by atoms with Gasteiger partial charge in [0, 0.05) is 11.6 Å². The van der Waals surface area contributed by atoms with E-state index in [2.05, 4.69) is 4.74 Å². The van der Waals surface area contributed by atoms with Crippen LogP contribution >= 0.6 is 11.6 Å². The highest BCUT2D eigenvalue weighted by molar-refractivity contribution is 6.30. The van der Waals surface area contributed by atoms with Crippen molar-refractivity contribution in [3.63, 3.8) is 0 Å². The number of hydrogen-bond donors (Lipinski definition) is 1. The second-order valence-electron chi connectivity index (χ2n) is 5.34. The Bertz CT molecular complexity index is 754. The number of carbonyl (C=O) groups excluding carboxylic acids is 1. The minimum absolute atomic E-state index is 0.0118. The van der Waals surface area contributed by atoms with Crippen LogP contribution in [0.5, 0.6) is 11.5 Å². The lowest BCUT2D eigenvalue weighted by Gasteiger charge is -2.14. The van der Waals surface area contributed by atoms with E-state index in [1.54, 1.807) is 13.2 Å². The van der Waals surface area contributed by atoms with Crippen molar-refractivity contribution in [2.75, 3.05) is 14.2 Å². The predicted molar refractivity (Wildman–Crippen MR) is 92.4 cm³/mol. The molecule has 2 aromatic carbocycles. The zero-order valence-corrected chi connectivity index (χ0v) is 14.7. The van der Waals surface area contributed by atoms with Crippen LogP contribution in [-0.4, -0.2) is 26.2 Å². The summed E-state index contributed by atoms with van der Waals surface area (Å²) in [4.78, 5) is 11.5. The highest BCUT2D eigenvalue weighted by Gasteiger charge is 2.15. The molecule has 0 heterocycles. The molecule has 0 aliphatic carbocycles. The van der Waals surface area contributed by atoms with E-state index >= 15 is 0 Å². The van der Waals surface area contributed by atoms with Gasteiger partial charge in [-0.3, -0.25) is 4.79 Å². The Balaban J connectivity index is 2.13. The number of esters is 1.